The molecule has 11 heterocycles. The van der Waals surface area contributed by atoms with Gasteiger partial charge in [0, 0.05) is 131 Å². The van der Waals surface area contributed by atoms with Crippen LogP contribution >= 0.6 is 0 Å². The minimum absolute atomic E-state index is 0. The molecule has 87 heavy (non-hydrogen) atoms. The van der Waals surface area contributed by atoms with Gasteiger partial charge in [0.25, 0.3) is 0 Å². The van der Waals surface area contributed by atoms with Gasteiger partial charge in [0.1, 0.15) is 75.3 Å². The fraction of sp³-hybridized carbons (Fsp3) is 0.219. The van der Waals surface area contributed by atoms with Crippen LogP contribution in [0.4, 0.5) is 52.5 Å². The molecule has 4 saturated heterocycles. The topological polar surface area (TPSA) is 265 Å². The van der Waals surface area contributed by atoms with Crippen molar-refractivity contribution in [3.8, 4) is 0 Å². The first-order valence-electron chi connectivity index (χ1n) is 28.0. The molecule has 0 aliphatic carbocycles. The standard InChI is InChI=1S/C23H21F2N5O.C22H21FN6O.C19H20FN5O.9H2/c1-14(24)17-8-9-20(29-21(17)22(31)18-3-2-10-28-23(18)26)30-12-11-27-19(13-30)15-4-6-16(25)7-5-15;1-14(23)16-6-7-19(28-20(16)21(30)17-5-3-9-27-22(17)24)29-11-10-26-18(13-29)15-4-2-8-25-12-15;1-11(20)14-6-7-16(25-9-12-4-5-13(10-25)23-12)24-17(14)18(26)15-3-2-8-22-19(15)21;;;;;;;;;/h2-10,19,27H,1,11-13H2,(H2,26,28);2-9,12,18,26H,1,10-11,13H2,(H2,24,27);2-3,6-8,12-13,23H,1,4-5,9-10H2,(H2,21,22);9*1H. The van der Waals surface area contributed by atoms with E-state index in [1.165, 1.54) is 48.9 Å². The molecule has 0 radical (unpaired) electrons. The number of ketones is 3. The summed E-state index contributed by atoms with van der Waals surface area (Å²) in [5, 5.41) is 10.4. The van der Waals surface area contributed by atoms with Crippen molar-refractivity contribution in [3.05, 3.63) is 227 Å². The molecule has 0 spiro atoms. The number of nitrogens with zero attached hydrogens (tertiary/aromatic N) is 10. The summed E-state index contributed by atoms with van der Waals surface area (Å²) in [6, 6.07) is 30.3. The predicted octanol–water partition coefficient (Wildman–Crippen LogP) is 10.7. The highest BCUT2D eigenvalue weighted by Gasteiger charge is 2.34. The molecule has 12 rings (SSSR count). The van der Waals surface area contributed by atoms with Crippen LogP contribution in [0.5, 0.6) is 0 Å². The molecule has 0 saturated carbocycles. The lowest BCUT2D eigenvalue weighted by atomic mass is 10.0. The van der Waals surface area contributed by atoms with Crippen LogP contribution in [-0.4, -0.2) is 117 Å². The second-order valence-electron chi connectivity index (χ2n) is 21.0. The van der Waals surface area contributed by atoms with Crippen LogP contribution in [0.1, 0.15) is 114 Å². The van der Waals surface area contributed by atoms with Gasteiger partial charge in [-0.15, -0.1) is 0 Å². The number of nitrogens with one attached hydrogen (secondary N) is 3. The van der Waals surface area contributed by atoms with Gasteiger partial charge < -0.3 is 47.9 Å². The third-order valence-corrected chi connectivity index (χ3v) is 15.3. The number of piperazine rings is 3. The second kappa shape index (κ2) is 26.9. The number of anilines is 6. The number of rotatable bonds is 14. The molecule has 8 aromatic rings. The molecule has 4 unspecified atom stereocenters. The Hall–Kier alpha value is -10.1. The van der Waals surface area contributed by atoms with E-state index in [0.717, 1.165) is 43.6 Å². The molecule has 1 aromatic carbocycles. The SMILES string of the molecule is C=C(F)c1ccc(N2CC3CCC(C2)N3)nc1C(=O)c1cccnc1N.C=C(F)c1ccc(N2CCNC(c3ccc(F)cc3)C2)nc1C(=O)c1cccnc1N.C=C(F)c1ccc(N2CCNC(c3cccnc3)C2)nc1C(=O)c1cccnc1N.[HH].[HH].[HH].[HH].[HH].[HH].[HH].[HH].[HH]. The Bertz CT molecular complexity index is 3930. The summed E-state index contributed by atoms with van der Waals surface area (Å²) >= 11 is 0. The maximum Gasteiger partial charge on any atom is 0.215 e. The molecular formula is C64H80F4N16O3. The molecule has 4 aliphatic heterocycles. The van der Waals surface area contributed by atoms with E-state index in [4.69, 9.17) is 17.2 Å². The summed E-state index contributed by atoms with van der Waals surface area (Å²) in [5.74, 6) is -1.94. The quantitative estimate of drug-likeness (QED) is 0.0436. The normalized spacial score (nSPS) is 17.9. The van der Waals surface area contributed by atoms with E-state index in [1.807, 2.05) is 23.2 Å². The second-order valence-corrected chi connectivity index (χ2v) is 21.0. The largest absolute Gasteiger partial charge is 0.383 e. The van der Waals surface area contributed by atoms with Crippen LogP contribution in [0.15, 0.2) is 160 Å². The van der Waals surface area contributed by atoms with Gasteiger partial charge in [0.2, 0.25) is 17.3 Å². The first-order chi connectivity index (χ1) is 42.0. The molecule has 2 bridgehead atoms. The highest BCUT2D eigenvalue weighted by atomic mass is 19.1. The molecular weight excluding hydrogens is 1120 g/mol. The molecule has 9 N–H and O–H groups in total. The molecule has 23 heteroatoms. The lowest BCUT2D eigenvalue weighted by molar-refractivity contribution is 0.102. The number of aromatic nitrogens is 7. The number of carbonyl (C=O) groups is 3. The molecule has 19 nitrogen and oxygen atoms in total. The van der Waals surface area contributed by atoms with Gasteiger partial charge >= 0.3 is 0 Å². The van der Waals surface area contributed by atoms with Crippen molar-refractivity contribution >= 4 is 69.7 Å². The Labute approximate surface area is 512 Å². The number of nitrogen functional groups attached to an aromatic ring is 3. The highest BCUT2D eigenvalue weighted by Crippen LogP contribution is 2.32. The van der Waals surface area contributed by atoms with E-state index in [2.05, 4.69) is 80.4 Å². The van der Waals surface area contributed by atoms with Crippen molar-refractivity contribution in [2.75, 3.05) is 84.3 Å². The Morgan fingerprint density at radius 2 is 0.874 bits per heavy atom. The van der Waals surface area contributed by atoms with Gasteiger partial charge in [-0.1, -0.05) is 37.9 Å². The fourth-order valence-corrected chi connectivity index (χ4v) is 10.9. The Balaban J connectivity index is 0.000000690. The molecule has 4 fully saturated rings. The van der Waals surface area contributed by atoms with Crippen molar-refractivity contribution in [1.82, 2.24) is 50.8 Å². The lowest BCUT2D eigenvalue weighted by Gasteiger charge is -2.35. The number of benzene rings is 1. The minimum atomic E-state index is -0.755. The van der Waals surface area contributed by atoms with Crippen molar-refractivity contribution in [3.63, 3.8) is 0 Å². The summed E-state index contributed by atoms with van der Waals surface area (Å²) in [7, 11) is 0. The van der Waals surface area contributed by atoms with Crippen LogP contribution in [0.2, 0.25) is 0 Å². The van der Waals surface area contributed by atoms with Gasteiger partial charge in [0.05, 0.1) is 22.7 Å². The third-order valence-electron chi connectivity index (χ3n) is 15.3. The van der Waals surface area contributed by atoms with E-state index >= 15 is 0 Å². The zero-order chi connectivity index (χ0) is 61.3. The zero-order valence-electron chi connectivity index (χ0n) is 47.2. The number of nitrogens with two attached hydrogens (primary N) is 3. The maximum absolute atomic E-state index is 14.1. The van der Waals surface area contributed by atoms with E-state index in [0.29, 0.717) is 62.3 Å². The average Bonchev–Trinajstić information content (AvgIpc) is 1.24. The molecule has 7 aromatic heterocycles. The van der Waals surface area contributed by atoms with Crippen molar-refractivity contribution in [2.24, 2.45) is 0 Å². The van der Waals surface area contributed by atoms with Crippen LogP contribution in [0.3, 0.4) is 0 Å². The van der Waals surface area contributed by atoms with E-state index in [-0.39, 0.29) is 98.7 Å². The molecule has 4 aliphatic rings. The summed E-state index contributed by atoms with van der Waals surface area (Å²) < 4.78 is 55.3. The van der Waals surface area contributed by atoms with Gasteiger partial charge in [-0.05, 0) is 115 Å². The summed E-state index contributed by atoms with van der Waals surface area (Å²) in [6.45, 7) is 15.6. The van der Waals surface area contributed by atoms with Crippen LogP contribution in [0.25, 0.3) is 17.5 Å². The Morgan fingerprint density at radius 3 is 1.25 bits per heavy atom. The number of fused-ring (bicyclic) bond motifs is 2. The predicted molar refractivity (Wildman–Crippen MR) is 347 cm³/mol. The Morgan fingerprint density at radius 1 is 0.483 bits per heavy atom. The number of hydrogen-bond acceptors (Lipinski definition) is 19. The lowest BCUT2D eigenvalue weighted by Crippen LogP contribution is -2.51. The number of carbonyl (C=O) groups excluding carboxylic acids is 3. The fourth-order valence-electron chi connectivity index (χ4n) is 10.9. The number of pyridine rings is 7. The molecule has 4 atom stereocenters. The average molecular weight is 1200 g/mol. The summed E-state index contributed by atoms with van der Waals surface area (Å²) in [5.41, 5.74) is 20.1. The van der Waals surface area contributed by atoms with Gasteiger partial charge in [-0.3, -0.25) is 19.4 Å². The zero-order valence-corrected chi connectivity index (χ0v) is 47.2. The maximum atomic E-state index is 14.1. The van der Waals surface area contributed by atoms with Gasteiger partial charge in [-0.25, -0.2) is 47.5 Å². The molecule has 462 valence electrons. The van der Waals surface area contributed by atoms with Gasteiger partial charge in [-0.2, -0.15) is 0 Å². The van der Waals surface area contributed by atoms with Gasteiger partial charge in [0.15, 0.2) is 0 Å². The van der Waals surface area contributed by atoms with Crippen LogP contribution in [-0.2, 0) is 0 Å². The minimum Gasteiger partial charge on any atom is -0.383 e. The van der Waals surface area contributed by atoms with Crippen LogP contribution < -0.4 is 47.9 Å². The first kappa shape index (κ1) is 60.0. The van der Waals surface area contributed by atoms with E-state index in [9.17, 15) is 31.9 Å². The van der Waals surface area contributed by atoms with Crippen molar-refractivity contribution in [2.45, 2.75) is 37.0 Å². The Kier molecular flexibility index (Phi) is 18.5. The number of halogens is 4. The smallest absolute Gasteiger partial charge is 0.215 e. The van der Waals surface area contributed by atoms with E-state index in [1.54, 1.807) is 72.9 Å². The number of hydrogen-bond donors (Lipinski definition) is 6. The first-order valence-corrected chi connectivity index (χ1v) is 28.0. The molecule has 0 amide bonds. The van der Waals surface area contributed by atoms with Crippen molar-refractivity contribution in [1.29, 1.82) is 0 Å². The van der Waals surface area contributed by atoms with Crippen molar-refractivity contribution < 1.29 is 44.8 Å². The summed E-state index contributed by atoms with van der Waals surface area (Å²) in [4.78, 5) is 74.8. The summed E-state index contributed by atoms with van der Waals surface area (Å²) in [6.07, 6.45) is 10.3. The highest BCUT2D eigenvalue weighted by molar-refractivity contribution is 6.14. The van der Waals surface area contributed by atoms with Crippen LogP contribution in [0, 0.1) is 5.82 Å². The van der Waals surface area contributed by atoms with E-state index < -0.39 is 34.8 Å². The monoisotopic (exact) mass is 1200 g/mol. The third kappa shape index (κ3) is 13.9.